The highest BCUT2D eigenvalue weighted by Crippen LogP contribution is 2.43. The van der Waals surface area contributed by atoms with E-state index in [0.29, 0.717) is 25.7 Å². The van der Waals surface area contributed by atoms with Gasteiger partial charge in [-0.2, -0.15) is 0 Å². The van der Waals surface area contributed by atoms with Gasteiger partial charge in [0.25, 0.3) is 0 Å². The lowest BCUT2D eigenvalue weighted by atomic mass is 10.2. The van der Waals surface area contributed by atoms with Gasteiger partial charge in [0.05, 0.1) is 19.3 Å². The van der Waals surface area contributed by atoms with Crippen molar-refractivity contribution in [2.75, 3.05) is 26.4 Å². The van der Waals surface area contributed by atoms with E-state index in [1.54, 1.807) is 6.08 Å². The summed E-state index contributed by atoms with van der Waals surface area (Å²) in [5, 5.41) is 10.1. The average Bonchev–Trinajstić information content (AvgIpc) is 3.21. The third-order valence-electron chi connectivity index (χ3n) is 8.23. The van der Waals surface area contributed by atoms with Gasteiger partial charge in [-0.3, -0.25) is 18.6 Å². The summed E-state index contributed by atoms with van der Waals surface area (Å²) in [6, 6.07) is 0. The van der Waals surface area contributed by atoms with Gasteiger partial charge in [-0.15, -0.1) is 0 Å². The molecule has 0 spiro atoms. The van der Waals surface area contributed by atoms with E-state index in [0.717, 1.165) is 38.5 Å². The standard InChI is InChI=1S/C47H76NO9P/c1-3-5-7-9-11-12-13-14-15-16-17-18-19-20-21-22-26-31-35-39-47(51)57-45(43-56-58(52,53)55-41-40-48)42-54-46(50)38-34-30-27-23-25-29-33-37-44(49)36-32-28-24-10-8-6-4-2/h11-12,14-15,17-18,20-21,23-24,26-29,31-33,36,44-45,49H,3-10,13,16,19,22,25,30,34-35,37-43,48H2,1-2H3,(H,52,53)/b12-11-,15-14-,18-17-,21-20-,27-23+,28-24-,31-26-,33-29-,36-32-/t44-,45-/m1/s1. The topological polar surface area (TPSA) is 155 Å². The van der Waals surface area contributed by atoms with Crippen LogP contribution in [-0.4, -0.2) is 60.5 Å². The fourth-order valence-corrected chi connectivity index (χ4v) is 5.75. The number of phosphoric acid groups is 1. The summed E-state index contributed by atoms with van der Waals surface area (Å²) < 4.78 is 32.6. The van der Waals surface area contributed by atoms with E-state index in [4.69, 9.17) is 24.3 Å². The Labute approximate surface area is 351 Å². The number of phosphoric ester groups is 1. The van der Waals surface area contributed by atoms with Crippen molar-refractivity contribution in [3.63, 3.8) is 0 Å². The first-order valence-corrected chi connectivity index (χ1v) is 23.0. The number of allylic oxidation sites excluding steroid dienone is 16. The highest BCUT2D eigenvalue weighted by molar-refractivity contribution is 7.47. The van der Waals surface area contributed by atoms with Crippen LogP contribution in [0.25, 0.3) is 0 Å². The summed E-state index contributed by atoms with van der Waals surface area (Å²) >= 11 is 0. The maximum atomic E-state index is 12.5. The van der Waals surface area contributed by atoms with Crippen LogP contribution in [0, 0.1) is 0 Å². The zero-order chi connectivity index (χ0) is 42.6. The van der Waals surface area contributed by atoms with Crippen LogP contribution in [0.2, 0.25) is 0 Å². The second kappa shape index (κ2) is 41.8. The Bertz CT molecular complexity index is 1330. The van der Waals surface area contributed by atoms with Gasteiger partial charge < -0.3 is 25.2 Å². The maximum Gasteiger partial charge on any atom is 0.472 e. The third-order valence-corrected chi connectivity index (χ3v) is 9.21. The minimum atomic E-state index is -4.43. The molecule has 0 fully saturated rings. The Balaban J connectivity index is 4.47. The molecule has 58 heavy (non-hydrogen) atoms. The van der Waals surface area contributed by atoms with E-state index in [2.05, 4.69) is 68.5 Å². The molecule has 0 saturated carbocycles. The zero-order valence-corrected chi connectivity index (χ0v) is 36.5. The number of unbranched alkanes of at least 4 members (excludes halogenated alkanes) is 7. The van der Waals surface area contributed by atoms with Gasteiger partial charge >= 0.3 is 19.8 Å². The number of esters is 2. The van der Waals surface area contributed by atoms with E-state index < -0.39 is 38.6 Å². The van der Waals surface area contributed by atoms with Gasteiger partial charge in [-0.05, 0) is 83.5 Å². The van der Waals surface area contributed by atoms with Crippen molar-refractivity contribution < 1.29 is 42.7 Å². The van der Waals surface area contributed by atoms with Crippen LogP contribution in [0.15, 0.2) is 109 Å². The van der Waals surface area contributed by atoms with Crippen LogP contribution in [0.1, 0.15) is 136 Å². The number of aliphatic hydroxyl groups is 1. The average molecular weight is 830 g/mol. The summed E-state index contributed by atoms with van der Waals surface area (Å²) in [5.41, 5.74) is 5.33. The molecule has 0 aromatic heterocycles. The summed E-state index contributed by atoms with van der Waals surface area (Å²) in [4.78, 5) is 34.8. The van der Waals surface area contributed by atoms with Gasteiger partial charge in [-0.25, -0.2) is 4.57 Å². The summed E-state index contributed by atoms with van der Waals surface area (Å²) in [7, 11) is -4.43. The predicted octanol–water partition coefficient (Wildman–Crippen LogP) is 11.4. The fourth-order valence-electron chi connectivity index (χ4n) is 4.98. The molecule has 0 radical (unpaired) electrons. The minimum Gasteiger partial charge on any atom is -0.462 e. The van der Waals surface area contributed by atoms with Crippen molar-refractivity contribution in [3.8, 4) is 0 Å². The Hall–Kier alpha value is -3.37. The molecule has 4 N–H and O–H groups in total. The second-order valence-corrected chi connectivity index (χ2v) is 15.2. The third kappa shape index (κ3) is 40.8. The number of aliphatic hydroxyl groups excluding tert-OH is 1. The second-order valence-electron chi connectivity index (χ2n) is 13.7. The Kier molecular flexibility index (Phi) is 39.4. The number of rotatable bonds is 38. The normalized spacial score (nSPS) is 14.9. The number of ether oxygens (including phenoxy) is 2. The largest absolute Gasteiger partial charge is 0.472 e. The molecule has 0 heterocycles. The molecule has 3 atom stereocenters. The van der Waals surface area contributed by atoms with Crippen LogP contribution in [0.4, 0.5) is 0 Å². The zero-order valence-electron chi connectivity index (χ0n) is 35.6. The molecule has 0 rings (SSSR count). The molecule has 0 aliphatic heterocycles. The lowest BCUT2D eigenvalue weighted by Gasteiger charge is -2.19. The van der Waals surface area contributed by atoms with Gasteiger partial charge in [0.2, 0.25) is 0 Å². The molecule has 11 heteroatoms. The van der Waals surface area contributed by atoms with Gasteiger partial charge in [0.15, 0.2) is 6.10 Å². The van der Waals surface area contributed by atoms with Crippen LogP contribution in [0.5, 0.6) is 0 Å². The first-order chi connectivity index (χ1) is 28.2. The van der Waals surface area contributed by atoms with Crippen molar-refractivity contribution in [2.45, 2.75) is 148 Å². The number of carbonyl (C=O) groups is 2. The van der Waals surface area contributed by atoms with Crippen molar-refractivity contribution in [1.82, 2.24) is 0 Å². The molecule has 328 valence electrons. The number of carbonyl (C=O) groups excluding carboxylic acids is 2. The molecule has 0 aromatic rings. The van der Waals surface area contributed by atoms with Crippen LogP contribution >= 0.6 is 7.82 Å². The number of nitrogens with two attached hydrogens (primary N) is 1. The Morgan fingerprint density at radius 3 is 1.69 bits per heavy atom. The molecule has 0 aliphatic carbocycles. The van der Waals surface area contributed by atoms with Crippen molar-refractivity contribution in [2.24, 2.45) is 5.73 Å². The molecule has 0 bridgehead atoms. The molecule has 10 nitrogen and oxygen atoms in total. The highest BCUT2D eigenvalue weighted by Gasteiger charge is 2.25. The predicted molar refractivity (Wildman–Crippen MR) is 239 cm³/mol. The minimum absolute atomic E-state index is 0.0191. The SMILES string of the molecule is CCCCC/C=C\C=C/[C@@H](O)C/C=C\C/C=C/CCCC(=O)OC[C@H](COP(=O)(O)OCCN)OC(=O)CC/C=C\C/C=C\C/C=C\C/C=C\C/C=C\CCCCC. The van der Waals surface area contributed by atoms with Gasteiger partial charge in [-0.1, -0.05) is 149 Å². The molecular formula is C47H76NO9P. The smallest absolute Gasteiger partial charge is 0.462 e. The van der Waals surface area contributed by atoms with Gasteiger partial charge in [0.1, 0.15) is 6.61 Å². The summed E-state index contributed by atoms with van der Waals surface area (Å²) in [6.45, 7) is 3.40. The number of hydrogen-bond donors (Lipinski definition) is 3. The molecular weight excluding hydrogens is 753 g/mol. The van der Waals surface area contributed by atoms with E-state index >= 15 is 0 Å². The Morgan fingerprint density at radius 2 is 1.12 bits per heavy atom. The quantitative estimate of drug-likeness (QED) is 0.0180. The summed E-state index contributed by atoms with van der Waals surface area (Å²) in [5.74, 6) is -1.04. The van der Waals surface area contributed by atoms with E-state index in [1.165, 1.54) is 44.9 Å². The van der Waals surface area contributed by atoms with Crippen LogP contribution in [0.3, 0.4) is 0 Å². The number of hydrogen-bond acceptors (Lipinski definition) is 9. The molecule has 0 amide bonds. The van der Waals surface area contributed by atoms with Gasteiger partial charge in [0, 0.05) is 19.4 Å². The monoisotopic (exact) mass is 830 g/mol. The lowest BCUT2D eigenvalue weighted by molar-refractivity contribution is -0.161. The van der Waals surface area contributed by atoms with E-state index in [-0.39, 0.29) is 32.6 Å². The molecule has 1 unspecified atom stereocenters. The van der Waals surface area contributed by atoms with Crippen molar-refractivity contribution >= 4 is 19.8 Å². The Morgan fingerprint density at radius 1 is 0.603 bits per heavy atom. The molecule has 0 aromatic carbocycles. The highest BCUT2D eigenvalue weighted by atomic mass is 31.2. The molecule has 0 aliphatic rings. The first kappa shape index (κ1) is 54.6. The van der Waals surface area contributed by atoms with Crippen LogP contribution in [-0.2, 0) is 32.7 Å². The van der Waals surface area contributed by atoms with Crippen molar-refractivity contribution in [1.29, 1.82) is 0 Å². The summed E-state index contributed by atoms with van der Waals surface area (Å²) in [6.07, 6.45) is 51.6. The first-order valence-electron chi connectivity index (χ1n) is 21.5. The molecule has 0 saturated heterocycles. The van der Waals surface area contributed by atoms with Crippen LogP contribution < -0.4 is 5.73 Å². The van der Waals surface area contributed by atoms with E-state index in [9.17, 15) is 24.2 Å². The lowest BCUT2D eigenvalue weighted by Crippen LogP contribution is -2.29. The fraction of sp³-hybridized carbons (Fsp3) is 0.574. The van der Waals surface area contributed by atoms with Crippen molar-refractivity contribution in [3.05, 3.63) is 109 Å². The maximum absolute atomic E-state index is 12.5. The van der Waals surface area contributed by atoms with E-state index in [1.807, 2.05) is 48.6 Å².